The average Bonchev–Trinajstić information content (AvgIpc) is 2.83. The topological polar surface area (TPSA) is 57.8 Å². The molecule has 19 heavy (non-hydrogen) atoms. The lowest BCUT2D eigenvalue weighted by Crippen LogP contribution is -2.10. The summed E-state index contributed by atoms with van der Waals surface area (Å²) < 4.78 is 36.4. The van der Waals surface area contributed by atoms with Crippen molar-refractivity contribution >= 4 is 23.4 Å². The number of rotatable bonds is 3. The number of aromatic nitrogens is 2. The number of aromatic amines is 1. The van der Waals surface area contributed by atoms with E-state index in [4.69, 9.17) is 0 Å². The molecule has 0 spiro atoms. The number of anilines is 1. The molecule has 1 heterocycles. The molecule has 1 aromatic carbocycles. The smallest absolute Gasteiger partial charge is 0.322 e. The van der Waals surface area contributed by atoms with Crippen LogP contribution < -0.4 is 5.32 Å². The number of alkyl halides is 3. The van der Waals surface area contributed by atoms with Crippen LogP contribution >= 0.6 is 11.8 Å². The fourth-order valence-electron chi connectivity index (χ4n) is 1.32. The first-order valence-corrected chi connectivity index (χ1v) is 5.92. The first-order valence-electron chi connectivity index (χ1n) is 5.10. The number of nitrogens with zero attached hydrogens (tertiary/aromatic N) is 1. The molecule has 0 aliphatic carbocycles. The van der Waals surface area contributed by atoms with Crippen LogP contribution in [0.25, 0.3) is 0 Å². The van der Waals surface area contributed by atoms with Gasteiger partial charge >= 0.3 is 5.51 Å². The van der Waals surface area contributed by atoms with E-state index in [-0.39, 0.29) is 22.6 Å². The summed E-state index contributed by atoms with van der Waals surface area (Å²) in [4.78, 5) is 11.7. The maximum atomic E-state index is 12.1. The molecule has 4 nitrogen and oxygen atoms in total. The number of halogens is 3. The molecular formula is C11H8F3N3OS. The SMILES string of the molecule is O=C(Nc1ccc(SC(F)(F)F)cc1)c1cn[nH]c1. The summed E-state index contributed by atoms with van der Waals surface area (Å²) in [5.74, 6) is -0.384. The van der Waals surface area contributed by atoms with Crippen LogP contribution in [0.1, 0.15) is 10.4 Å². The van der Waals surface area contributed by atoms with Crippen molar-refractivity contribution < 1.29 is 18.0 Å². The number of benzene rings is 1. The number of H-pyrrole nitrogens is 1. The van der Waals surface area contributed by atoms with E-state index in [1.807, 2.05) is 0 Å². The molecule has 1 amide bonds. The molecule has 2 rings (SSSR count). The fraction of sp³-hybridized carbons (Fsp3) is 0.0909. The highest BCUT2D eigenvalue weighted by Gasteiger charge is 2.29. The van der Waals surface area contributed by atoms with Crippen LogP contribution in [-0.2, 0) is 0 Å². The summed E-state index contributed by atoms with van der Waals surface area (Å²) in [5, 5.41) is 8.66. The van der Waals surface area contributed by atoms with E-state index in [0.717, 1.165) is 0 Å². The van der Waals surface area contributed by atoms with Gasteiger partial charge in [0.25, 0.3) is 5.91 Å². The van der Waals surface area contributed by atoms with E-state index in [0.29, 0.717) is 11.3 Å². The maximum absolute atomic E-state index is 12.1. The van der Waals surface area contributed by atoms with Gasteiger partial charge in [-0.15, -0.1) is 0 Å². The van der Waals surface area contributed by atoms with Gasteiger partial charge in [0, 0.05) is 16.8 Å². The summed E-state index contributed by atoms with van der Waals surface area (Å²) in [6.07, 6.45) is 2.77. The van der Waals surface area contributed by atoms with E-state index >= 15 is 0 Å². The molecule has 0 aliphatic rings. The number of hydrogen-bond acceptors (Lipinski definition) is 3. The first-order chi connectivity index (χ1) is 8.94. The Morgan fingerprint density at radius 2 is 1.95 bits per heavy atom. The Labute approximate surface area is 110 Å². The normalized spacial score (nSPS) is 11.3. The van der Waals surface area contributed by atoms with Crippen molar-refractivity contribution in [3.05, 3.63) is 42.2 Å². The third-order valence-corrected chi connectivity index (χ3v) is 2.85. The van der Waals surface area contributed by atoms with Gasteiger partial charge in [-0.3, -0.25) is 9.89 Å². The lowest BCUT2D eigenvalue weighted by atomic mass is 10.3. The molecule has 0 atom stereocenters. The minimum absolute atomic E-state index is 0.0637. The highest BCUT2D eigenvalue weighted by molar-refractivity contribution is 8.00. The fourth-order valence-corrected chi connectivity index (χ4v) is 1.86. The quantitative estimate of drug-likeness (QED) is 0.852. The van der Waals surface area contributed by atoms with Crippen LogP contribution in [0.3, 0.4) is 0 Å². The van der Waals surface area contributed by atoms with Gasteiger partial charge in [0.05, 0.1) is 11.8 Å². The van der Waals surface area contributed by atoms with E-state index in [9.17, 15) is 18.0 Å². The molecule has 8 heteroatoms. The molecule has 0 radical (unpaired) electrons. The molecule has 2 N–H and O–H groups in total. The summed E-state index contributed by atoms with van der Waals surface area (Å²) in [6.45, 7) is 0. The van der Waals surface area contributed by atoms with Crippen LogP contribution in [0.2, 0.25) is 0 Å². The number of nitrogens with one attached hydrogen (secondary N) is 2. The van der Waals surface area contributed by atoms with E-state index in [1.54, 1.807) is 0 Å². The molecule has 2 aromatic rings. The van der Waals surface area contributed by atoms with Crippen molar-refractivity contribution in [3.8, 4) is 0 Å². The largest absolute Gasteiger partial charge is 0.446 e. The molecule has 0 unspecified atom stereocenters. The summed E-state index contributed by atoms with van der Waals surface area (Å²) >= 11 is -0.202. The van der Waals surface area contributed by atoms with Gasteiger partial charge in [0.2, 0.25) is 0 Å². The average molecular weight is 287 g/mol. The Morgan fingerprint density at radius 1 is 1.26 bits per heavy atom. The zero-order valence-corrected chi connectivity index (χ0v) is 10.2. The predicted octanol–water partition coefficient (Wildman–Crippen LogP) is 3.27. The van der Waals surface area contributed by atoms with Crippen LogP contribution in [0.4, 0.5) is 18.9 Å². The van der Waals surface area contributed by atoms with Gasteiger partial charge in [-0.05, 0) is 36.0 Å². The third kappa shape index (κ3) is 4.02. The van der Waals surface area contributed by atoms with Crippen LogP contribution in [-0.4, -0.2) is 21.6 Å². The van der Waals surface area contributed by atoms with Crippen molar-refractivity contribution in [3.63, 3.8) is 0 Å². The predicted molar refractivity (Wildman–Crippen MR) is 64.9 cm³/mol. The van der Waals surface area contributed by atoms with E-state index in [1.165, 1.54) is 36.7 Å². The van der Waals surface area contributed by atoms with E-state index in [2.05, 4.69) is 15.5 Å². The zero-order valence-electron chi connectivity index (χ0n) is 9.36. The van der Waals surface area contributed by atoms with Crippen LogP contribution in [0.15, 0.2) is 41.6 Å². The minimum atomic E-state index is -4.32. The molecular weight excluding hydrogens is 279 g/mol. The standard InChI is InChI=1S/C11H8F3N3OS/c12-11(13,14)19-9-3-1-8(2-4-9)17-10(18)7-5-15-16-6-7/h1-6H,(H,15,16)(H,17,18). The number of amides is 1. The summed E-state index contributed by atoms with van der Waals surface area (Å²) in [7, 11) is 0. The second-order valence-electron chi connectivity index (χ2n) is 3.51. The summed E-state index contributed by atoms with van der Waals surface area (Å²) in [6, 6.07) is 5.41. The first kappa shape index (κ1) is 13.5. The van der Waals surface area contributed by atoms with Crippen LogP contribution in [0, 0.1) is 0 Å². The molecule has 0 saturated heterocycles. The second-order valence-corrected chi connectivity index (χ2v) is 4.65. The summed E-state index contributed by atoms with van der Waals surface area (Å²) in [5.41, 5.74) is -3.56. The van der Waals surface area contributed by atoms with E-state index < -0.39 is 5.51 Å². The van der Waals surface area contributed by atoms with Gasteiger partial charge in [0.1, 0.15) is 0 Å². The number of carbonyl (C=O) groups is 1. The maximum Gasteiger partial charge on any atom is 0.446 e. The molecule has 1 aromatic heterocycles. The number of carbonyl (C=O) groups excluding carboxylic acids is 1. The third-order valence-electron chi connectivity index (χ3n) is 2.11. The van der Waals surface area contributed by atoms with Gasteiger partial charge in [-0.2, -0.15) is 18.3 Å². The monoisotopic (exact) mass is 287 g/mol. The second kappa shape index (κ2) is 5.35. The van der Waals surface area contributed by atoms with Crippen LogP contribution in [0.5, 0.6) is 0 Å². The Kier molecular flexibility index (Phi) is 3.79. The Morgan fingerprint density at radius 3 is 2.47 bits per heavy atom. The lowest BCUT2D eigenvalue weighted by Gasteiger charge is -2.07. The minimum Gasteiger partial charge on any atom is -0.322 e. The van der Waals surface area contributed by atoms with Crippen molar-refractivity contribution in [1.29, 1.82) is 0 Å². The van der Waals surface area contributed by atoms with Crippen molar-refractivity contribution in [2.45, 2.75) is 10.4 Å². The van der Waals surface area contributed by atoms with Gasteiger partial charge in [-0.25, -0.2) is 0 Å². The number of thioether (sulfide) groups is 1. The van der Waals surface area contributed by atoms with Gasteiger partial charge in [0.15, 0.2) is 0 Å². The molecule has 100 valence electrons. The Hall–Kier alpha value is -1.96. The zero-order chi connectivity index (χ0) is 13.9. The molecule has 0 fully saturated rings. The lowest BCUT2D eigenvalue weighted by molar-refractivity contribution is -0.0328. The van der Waals surface area contributed by atoms with Crippen molar-refractivity contribution in [1.82, 2.24) is 10.2 Å². The molecule has 0 saturated carbocycles. The van der Waals surface area contributed by atoms with Crippen molar-refractivity contribution in [2.24, 2.45) is 0 Å². The van der Waals surface area contributed by atoms with Gasteiger partial charge < -0.3 is 5.32 Å². The number of hydrogen-bond donors (Lipinski definition) is 2. The molecule has 0 bridgehead atoms. The molecule has 0 aliphatic heterocycles. The Bertz CT molecular complexity index is 552. The highest BCUT2D eigenvalue weighted by atomic mass is 32.2. The Balaban J connectivity index is 2.01. The van der Waals surface area contributed by atoms with Gasteiger partial charge in [-0.1, -0.05) is 0 Å². The highest BCUT2D eigenvalue weighted by Crippen LogP contribution is 2.37. The van der Waals surface area contributed by atoms with Crippen molar-refractivity contribution in [2.75, 3.05) is 5.32 Å².